The van der Waals surface area contributed by atoms with Crippen LogP contribution in [0.5, 0.6) is 11.5 Å². The zero-order valence-corrected chi connectivity index (χ0v) is 14.0. The smallest absolute Gasteiger partial charge is 0.341 e. The fourth-order valence-corrected chi connectivity index (χ4v) is 4.02. The minimum absolute atomic E-state index is 0.0407. The van der Waals surface area contributed by atoms with Gasteiger partial charge in [0.15, 0.2) is 11.5 Å². The molecule has 1 aliphatic carbocycles. The van der Waals surface area contributed by atoms with Crippen LogP contribution in [0.25, 0.3) is 0 Å². The Balaban J connectivity index is 1.59. The van der Waals surface area contributed by atoms with Gasteiger partial charge in [-0.2, -0.15) is 5.06 Å². The monoisotopic (exact) mass is 332 g/mol. The molecular weight excluding hydrogens is 308 g/mol. The molecule has 3 fully saturated rings. The van der Waals surface area contributed by atoms with Crippen LogP contribution in [0.15, 0.2) is 18.2 Å². The maximum atomic E-state index is 11.8. The summed E-state index contributed by atoms with van der Waals surface area (Å²) in [5.41, 5.74) is 1.18. The third-order valence-electron chi connectivity index (χ3n) is 5.30. The van der Waals surface area contributed by atoms with Gasteiger partial charge in [0.05, 0.1) is 25.9 Å². The molecule has 0 aromatic heterocycles. The first-order valence-corrected chi connectivity index (χ1v) is 8.81. The summed E-state index contributed by atoms with van der Waals surface area (Å²) in [5.74, 6) is 1.84. The zero-order chi connectivity index (χ0) is 16.5. The van der Waals surface area contributed by atoms with Gasteiger partial charge in [0.2, 0.25) is 0 Å². The number of hydrogen-bond donors (Lipinski definition) is 1. The van der Waals surface area contributed by atoms with Gasteiger partial charge in [0.25, 0.3) is 0 Å². The van der Waals surface area contributed by atoms with Crippen LogP contribution in [-0.4, -0.2) is 43.5 Å². The van der Waals surface area contributed by atoms with Crippen LogP contribution in [0.2, 0.25) is 0 Å². The Morgan fingerprint density at radius 2 is 2.04 bits per heavy atom. The van der Waals surface area contributed by atoms with Gasteiger partial charge in [-0.15, -0.1) is 0 Å². The van der Waals surface area contributed by atoms with Crippen LogP contribution in [0.3, 0.4) is 0 Å². The molecule has 3 aliphatic rings. The fraction of sp³-hybridized carbons (Fsp3) is 0.611. The van der Waals surface area contributed by atoms with Crippen molar-refractivity contribution in [2.75, 3.05) is 20.3 Å². The van der Waals surface area contributed by atoms with E-state index in [9.17, 15) is 4.79 Å². The van der Waals surface area contributed by atoms with Crippen molar-refractivity contribution in [3.63, 3.8) is 0 Å². The molecule has 0 bridgehead atoms. The number of methoxy groups -OCH3 is 1. The number of rotatable bonds is 4. The molecule has 2 aliphatic heterocycles. The molecule has 1 aromatic rings. The van der Waals surface area contributed by atoms with E-state index in [0.29, 0.717) is 13.2 Å². The van der Waals surface area contributed by atoms with Crippen LogP contribution in [-0.2, 0) is 4.84 Å². The molecule has 0 radical (unpaired) electrons. The number of benzene rings is 1. The molecule has 2 atom stereocenters. The predicted octanol–water partition coefficient (Wildman–Crippen LogP) is 2.83. The normalized spacial score (nSPS) is 27.0. The van der Waals surface area contributed by atoms with Crippen molar-refractivity contribution in [1.82, 2.24) is 10.4 Å². The number of nitrogens with one attached hydrogen (secondary N) is 1. The van der Waals surface area contributed by atoms with Gasteiger partial charge in [-0.25, -0.2) is 4.79 Å². The van der Waals surface area contributed by atoms with E-state index >= 15 is 0 Å². The third-order valence-corrected chi connectivity index (χ3v) is 5.30. The summed E-state index contributed by atoms with van der Waals surface area (Å²) in [6, 6.07) is 6.05. The number of ether oxygens (including phenoxy) is 2. The summed E-state index contributed by atoms with van der Waals surface area (Å²) < 4.78 is 11.7. The first-order chi connectivity index (χ1) is 11.8. The molecule has 6 heteroatoms. The van der Waals surface area contributed by atoms with Crippen LogP contribution < -0.4 is 14.8 Å². The van der Waals surface area contributed by atoms with Crippen molar-refractivity contribution >= 4 is 6.03 Å². The Bertz CT molecular complexity index is 615. The lowest BCUT2D eigenvalue weighted by Crippen LogP contribution is -2.43. The third kappa shape index (κ3) is 2.79. The van der Waals surface area contributed by atoms with Gasteiger partial charge in [0.1, 0.15) is 0 Å². The molecule has 24 heavy (non-hydrogen) atoms. The average Bonchev–Trinajstić information content (AvgIpc) is 3.25. The Labute approximate surface area is 142 Å². The maximum absolute atomic E-state index is 11.8. The summed E-state index contributed by atoms with van der Waals surface area (Å²) in [6.07, 6.45) is 5.87. The van der Waals surface area contributed by atoms with Gasteiger partial charge in [-0.1, -0.05) is 6.07 Å². The first kappa shape index (κ1) is 15.6. The van der Waals surface area contributed by atoms with Gasteiger partial charge in [0, 0.05) is 12.5 Å². The van der Waals surface area contributed by atoms with Crippen LogP contribution >= 0.6 is 0 Å². The number of urea groups is 1. The molecule has 2 saturated heterocycles. The summed E-state index contributed by atoms with van der Waals surface area (Å²) in [6.45, 7) is 1.17. The molecule has 2 unspecified atom stereocenters. The highest BCUT2D eigenvalue weighted by Gasteiger charge is 2.41. The van der Waals surface area contributed by atoms with Crippen molar-refractivity contribution in [1.29, 1.82) is 0 Å². The van der Waals surface area contributed by atoms with Gasteiger partial charge in [-0.3, -0.25) is 4.84 Å². The molecule has 2 amide bonds. The Morgan fingerprint density at radius 3 is 2.83 bits per heavy atom. The molecule has 4 rings (SSSR count). The van der Waals surface area contributed by atoms with Crippen molar-refractivity contribution in [2.45, 2.75) is 50.2 Å². The highest BCUT2D eigenvalue weighted by Crippen LogP contribution is 2.38. The number of carbonyl (C=O) groups excluding carboxylic acids is 1. The molecule has 2 heterocycles. The second-order valence-electron chi connectivity index (χ2n) is 6.74. The lowest BCUT2D eigenvalue weighted by Gasteiger charge is -2.34. The number of amides is 2. The van der Waals surface area contributed by atoms with Gasteiger partial charge < -0.3 is 14.8 Å². The van der Waals surface area contributed by atoms with E-state index in [-0.39, 0.29) is 24.1 Å². The van der Waals surface area contributed by atoms with Crippen molar-refractivity contribution in [2.24, 2.45) is 0 Å². The van der Waals surface area contributed by atoms with E-state index in [0.717, 1.165) is 30.8 Å². The van der Waals surface area contributed by atoms with E-state index < -0.39 is 0 Å². The number of carbonyl (C=O) groups is 1. The summed E-state index contributed by atoms with van der Waals surface area (Å²) in [4.78, 5) is 17.3. The van der Waals surface area contributed by atoms with Gasteiger partial charge >= 0.3 is 6.03 Å². The summed E-state index contributed by atoms with van der Waals surface area (Å²) in [5, 5.41) is 4.36. The maximum Gasteiger partial charge on any atom is 0.341 e. The largest absolute Gasteiger partial charge is 0.493 e. The molecule has 1 aromatic carbocycles. The second-order valence-corrected chi connectivity index (χ2v) is 6.74. The summed E-state index contributed by atoms with van der Waals surface area (Å²) >= 11 is 0. The number of fused-ring (bicyclic) bond motifs is 1. The SMILES string of the molecule is COc1ccc(C2CCON3C(=O)NCC23)cc1OC1CCCC1. The van der Waals surface area contributed by atoms with Crippen LogP contribution in [0.1, 0.15) is 43.6 Å². The molecule has 1 saturated carbocycles. The molecule has 1 N–H and O–H groups in total. The van der Waals surface area contributed by atoms with Gasteiger partial charge in [-0.05, 0) is 49.8 Å². The minimum Gasteiger partial charge on any atom is -0.493 e. The number of hydroxylamine groups is 2. The van der Waals surface area contributed by atoms with Crippen molar-refractivity contribution in [3.05, 3.63) is 23.8 Å². The van der Waals surface area contributed by atoms with Crippen molar-refractivity contribution in [3.8, 4) is 11.5 Å². The highest BCUT2D eigenvalue weighted by molar-refractivity contribution is 5.76. The molecule has 6 nitrogen and oxygen atoms in total. The van der Waals surface area contributed by atoms with Crippen molar-refractivity contribution < 1.29 is 19.1 Å². The topological polar surface area (TPSA) is 60.0 Å². The Morgan fingerprint density at radius 1 is 1.21 bits per heavy atom. The lowest BCUT2D eigenvalue weighted by atomic mass is 9.88. The Kier molecular flexibility index (Phi) is 4.22. The quantitative estimate of drug-likeness (QED) is 0.921. The Hall–Kier alpha value is -1.95. The standard InChI is InChI=1S/C18H24N2O4/c1-22-16-7-6-12(10-17(16)24-13-4-2-3-5-13)14-8-9-23-20-15(14)11-19-18(20)21/h6-7,10,13-15H,2-5,8-9,11H2,1H3,(H,19,21). The summed E-state index contributed by atoms with van der Waals surface area (Å²) in [7, 11) is 1.67. The van der Waals surface area contributed by atoms with E-state index in [1.54, 1.807) is 7.11 Å². The van der Waals surface area contributed by atoms with Crippen LogP contribution in [0.4, 0.5) is 4.79 Å². The van der Waals surface area contributed by atoms with Crippen LogP contribution in [0, 0.1) is 0 Å². The fourth-order valence-electron chi connectivity index (χ4n) is 4.02. The van der Waals surface area contributed by atoms with E-state index in [4.69, 9.17) is 14.3 Å². The minimum atomic E-state index is -0.138. The molecular formula is C18H24N2O4. The average molecular weight is 332 g/mol. The van der Waals surface area contributed by atoms with E-state index in [1.165, 1.54) is 23.5 Å². The highest BCUT2D eigenvalue weighted by atomic mass is 16.7. The zero-order valence-electron chi connectivity index (χ0n) is 14.0. The lowest BCUT2D eigenvalue weighted by molar-refractivity contribution is -0.161. The first-order valence-electron chi connectivity index (χ1n) is 8.81. The molecule has 0 spiro atoms. The molecule has 130 valence electrons. The number of nitrogens with zero attached hydrogens (tertiary/aromatic N) is 1. The van der Waals surface area contributed by atoms with E-state index in [2.05, 4.69) is 17.4 Å². The van der Waals surface area contributed by atoms with E-state index in [1.807, 2.05) is 6.07 Å². The predicted molar refractivity (Wildman–Crippen MR) is 88.2 cm³/mol. The number of hydrogen-bond acceptors (Lipinski definition) is 4. The second kappa shape index (κ2) is 6.51.